The lowest BCUT2D eigenvalue weighted by Crippen LogP contribution is -2.09. The number of pyridine rings is 1. The lowest BCUT2D eigenvalue weighted by Gasteiger charge is -2.04. The summed E-state index contributed by atoms with van der Waals surface area (Å²) in [5, 5.41) is 7.54. The highest BCUT2D eigenvalue weighted by Crippen LogP contribution is 2.31. The Morgan fingerprint density at radius 1 is 1.12 bits per heavy atom. The van der Waals surface area contributed by atoms with Gasteiger partial charge in [-0.2, -0.15) is 0 Å². The molecule has 0 aliphatic heterocycles. The predicted octanol–water partition coefficient (Wildman–Crippen LogP) is 3.31. The van der Waals surface area contributed by atoms with E-state index in [1.54, 1.807) is 24.7 Å². The number of carbonyl (C=O) groups excluding carboxylic acids is 1. The van der Waals surface area contributed by atoms with Gasteiger partial charge < -0.3 is 4.52 Å². The van der Waals surface area contributed by atoms with Crippen LogP contribution in [0.4, 0.5) is 5.95 Å². The summed E-state index contributed by atoms with van der Waals surface area (Å²) in [6.45, 7) is 1.42. The second-order valence-electron chi connectivity index (χ2n) is 5.43. The zero-order valence-corrected chi connectivity index (χ0v) is 13.3. The van der Waals surface area contributed by atoms with Gasteiger partial charge >= 0.3 is 0 Å². The highest BCUT2D eigenvalue weighted by Gasteiger charge is 2.13. The third kappa shape index (κ3) is 2.94. The van der Waals surface area contributed by atoms with Gasteiger partial charge in [-0.25, -0.2) is 9.97 Å². The van der Waals surface area contributed by atoms with Crippen LogP contribution >= 0.6 is 0 Å². The van der Waals surface area contributed by atoms with E-state index in [0.29, 0.717) is 11.5 Å². The van der Waals surface area contributed by atoms with Gasteiger partial charge in [0, 0.05) is 36.6 Å². The second-order valence-corrected chi connectivity index (χ2v) is 5.43. The molecule has 0 atom stereocenters. The van der Waals surface area contributed by atoms with Crippen molar-refractivity contribution < 1.29 is 9.32 Å². The second kappa shape index (κ2) is 6.12. The molecule has 0 spiro atoms. The molecule has 4 rings (SSSR count). The molecule has 0 saturated carbocycles. The maximum atomic E-state index is 11.2. The number of benzene rings is 1. The molecule has 0 bridgehead atoms. The third-order valence-electron chi connectivity index (χ3n) is 3.64. The van der Waals surface area contributed by atoms with Gasteiger partial charge in [-0.1, -0.05) is 11.2 Å². The summed E-state index contributed by atoms with van der Waals surface area (Å²) in [5.41, 5.74) is 3.16. The number of fused-ring (bicyclic) bond motifs is 1. The number of carbonyl (C=O) groups is 1. The fraction of sp³-hybridized carbons (Fsp3) is 0.0556. The molecule has 122 valence electrons. The molecule has 7 heteroatoms. The van der Waals surface area contributed by atoms with E-state index in [-0.39, 0.29) is 11.9 Å². The van der Waals surface area contributed by atoms with Crippen molar-refractivity contribution in [2.45, 2.75) is 6.92 Å². The Balaban J connectivity index is 1.80. The van der Waals surface area contributed by atoms with Gasteiger partial charge in [0.05, 0.1) is 11.1 Å². The van der Waals surface area contributed by atoms with Crippen LogP contribution in [-0.4, -0.2) is 26.0 Å². The summed E-state index contributed by atoms with van der Waals surface area (Å²) >= 11 is 0. The van der Waals surface area contributed by atoms with E-state index in [1.165, 1.54) is 6.92 Å². The molecule has 3 aromatic heterocycles. The summed E-state index contributed by atoms with van der Waals surface area (Å²) < 4.78 is 5.49. The Labute approximate surface area is 142 Å². The minimum absolute atomic E-state index is 0.217. The van der Waals surface area contributed by atoms with Crippen molar-refractivity contribution in [3.63, 3.8) is 0 Å². The smallest absolute Gasteiger partial charge is 0.229 e. The van der Waals surface area contributed by atoms with Gasteiger partial charge in [0.15, 0.2) is 5.76 Å². The van der Waals surface area contributed by atoms with Gasteiger partial charge in [0.1, 0.15) is 5.52 Å². The van der Waals surface area contributed by atoms with Crippen molar-refractivity contribution >= 4 is 22.8 Å². The van der Waals surface area contributed by atoms with Crippen LogP contribution < -0.4 is 5.32 Å². The highest BCUT2D eigenvalue weighted by molar-refractivity contribution is 5.94. The SMILES string of the molecule is CC(=O)Nc1nccc(-c2ccc3noc(-c4cccnc4)c3c2)n1. The largest absolute Gasteiger partial charge is 0.355 e. The topological polar surface area (TPSA) is 93.8 Å². The maximum Gasteiger partial charge on any atom is 0.229 e. The maximum absolute atomic E-state index is 11.2. The van der Waals surface area contributed by atoms with Crippen molar-refractivity contribution in [1.29, 1.82) is 0 Å². The Morgan fingerprint density at radius 3 is 2.84 bits per heavy atom. The summed E-state index contributed by atoms with van der Waals surface area (Å²) in [4.78, 5) is 23.7. The molecule has 0 unspecified atom stereocenters. The Kier molecular flexibility index (Phi) is 3.66. The molecule has 4 aromatic rings. The number of nitrogens with zero attached hydrogens (tertiary/aromatic N) is 4. The Hall–Kier alpha value is -3.61. The average molecular weight is 331 g/mol. The van der Waals surface area contributed by atoms with E-state index < -0.39 is 0 Å². The van der Waals surface area contributed by atoms with Gasteiger partial charge in [-0.05, 0) is 30.3 Å². The van der Waals surface area contributed by atoms with Crippen LogP contribution in [0.1, 0.15) is 6.92 Å². The molecule has 0 radical (unpaired) electrons. The van der Waals surface area contributed by atoms with Crippen LogP contribution in [-0.2, 0) is 4.79 Å². The molecule has 1 N–H and O–H groups in total. The summed E-state index contributed by atoms with van der Waals surface area (Å²) in [7, 11) is 0. The Bertz CT molecular complexity index is 1060. The Morgan fingerprint density at radius 2 is 2.04 bits per heavy atom. The van der Waals surface area contributed by atoms with Crippen LogP contribution in [0.25, 0.3) is 33.5 Å². The van der Waals surface area contributed by atoms with Crippen LogP contribution in [0.5, 0.6) is 0 Å². The van der Waals surface area contributed by atoms with E-state index in [4.69, 9.17) is 4.52 Å². The minimum Gasteiger partial charge on any atom is -0.355 e. The average Bonchev–Trinajstić information content (AvgIpc) is 3.05. The van der Waals surface area contributed by atoms with Gasteiger partial charge in [0.25, 0.3) is 0 Å². The molecule has 7 nitrogen and oxygen atoms in total. The van der Waals surface area contributed by atoms with E-state index in [1.807, 2.05) is 30.3 Å². The molecule has 25 heavy (non-hydrogen) atoms. The number of amides is 1. The summed E-state index contributed by atoms with van der Waals surface area (Å²) in [6, 6.07) is 11.3. The minimum atomic E-state index is -0.217. The van der Waals surface area contributed by atoms with Crippen LogP contribution in [0.3, 0.4) is 0 Å². The molecule has 0 aliphatic carbocycles. The van der Waals surface area contributed by atoms with E-state index in [2.05, 4.69) is 25.4 Å². The number of rotatable bonds is 3. The van der Waals surface area contributed by atoms with Crippen molar-refractivity contribution in [1.82, 2.24) is 20.1 Å². The molecule has 0 fully saturated rings. The number of hydrogen-bond acceptors (Lipinski definition) is 6. The number of anilines is 1. The quantitative estimate of drug-likeness (QED) is 0.619. The number of hydrogen-bond donors (Lipinski definition) is 1. The molecular formula is C18H13N5O2. The van der Waals surface area contributed by atoms with Crippen LogP contribution in [0.15, 0.2) is 59.5 Å². The van der Waals surface area contributed by atoms with Gasteiger partial charge in [-0.3, -0.25) is 15.1 Å². The molecule has 3 heterocycles. The fourth-order valence-corrected chi connectivity index (χ4v) is 2.54. The summed E-state index contributed by atoms with van der Waals surface area (Å²) in [5.74, 6) is 0.703. The van der Waals surface area contributed by atoms with E-state index in [9.17, 15) is 4.79 Å². The number of aromatic nitrogens is 4. The zero-order chi connectivity index (χ0) is 17.2. The lowest BCUT2D eigenvalue weighted by atomic mass is 10.1. The third-order valence-corrected chi connectivity index (χ3v) is 3.64. The molecule has 0 aliphatic rings. The molecule has 1 amide bonds. The summed E-state index contributed by atoms with van der Waals surface area (Å²) in [6.07, 6.45) is 5.04. The lowest BCUT2D eigenvalue weighted by molar-refractivity contribution is -0.114. The first kappa shape index (κ1) is 14.9. The van der Waals surface area contributed by atoms with Gasteiger partial charge in [-0.15, -0.1) is 0 Å². The van der Waals surface area contributed by atoms with Gasteiger partial charge in [0.2, 0.25) is 11.9 Å². The highest BCUT2D eigenvalue weighted by atomic mass is 16.5. The van der Waals surface area contributed by atoms with Crippen LogP contribution in [0.2, 0.25) is 0 Å². The number of nitrogens with one attached hydrogen (secondary N) is 1. The predicted molar refractivity (Wildman–Crippen MR) is 92.6 cm³/mol. The monoisotopic (exact) mass is 331 g/mol. The zero-order valence-electron chi connectivity index (χ0n) is 13.3. The molecule has 0 saturated heterocycles. The molecular weight excluding hydrogens is 318 g/mol. The first-order chi connectivity index (χ1) is 12.2. The first-order valence-corrected chi connectivity index (χ1v) is 7.61. The fourth-order valence-electron chi connectivity index (χ4n) is 2.54. The van der Waals surface area contributed by atoms with Crippen molar-refractivity contribution in [3.8, 4) is 22.6 Å². The first-order valence-electron chi connectivity index (χ1n) is 7.61. The van der Waals surface area contributed by atoms with E-state index in [0.717, 1.165) is 22.0 Å². The standard InChI is InChI=1S/C18H13N5O2/c1-11(24)21-18-20-8-6-15(22-18)12-4-5-16-14(9-12)17(25-23-16)13-3-2-7-19-10-13/h2-10H,1H3,(H,20,21,22,24). The van der Waals surface area contributed by atoms with Crippen LogP contribution in [0, 0.1) is 0 Å². The van der Waals surface area contributed by atoms with E-state index >= 15 is 0 Å². The van der Waals surface area contributed by atoms with Crippen molar-refractivity contribution in [3.05, 3.63) is 55.0 Å². The normalized spacial score (nSPS) is 10.8. The van der Waals surface area contributed by atoms with Crippen molar-refractivity contribution in [2.75, 3.05) is 5.32 Å². The molecule has 1 aromatic carbocycles. The van der Waals surface area contributed by atoms with Crippen molar-refractivity contribution in [2.24, 2.45) is 0 Å².